The number of halogens is 1. The van der Waals surface area contributed by atoms with Gasteiger partial charge in [-0.15, -0.1) is 0 Å². The molecule has 5 atom stereocenters. The number of carboxylic acids is 1. The number of amides is 1. The number of likely N-dealkylation sites (tertiary alicyclic amines) is 1. The summed E-state index contributed by atoms with van der Waals surface area (Å²) in [6.07, 6.45) is 5.54. The monoisotopic (exact) mass is 482 g/mol. The van der Waals surface area contributed by atoms with Crippen molar-refractivity contribution < 1.29 is 23.5 Å². The highest BCUT2D eigenvalue weighted by Crippen LogP contribution is 2.47. The molecule has 5 unspecified atom stereocenters. The van der Waals surface area contributed by atoms with E-state index in [0.29, 0.717) is 18.1 Å². The van der Waals surface area contributed by atoms with Crippen LogP contribution in [0.15, 0.2) is 34.7 Å². The highest BCUT2D eigenvalue weighted by atomic mass is 19.1. The number of hydrogen-bond acceptors (Lipinski definition) is 4. The summed E-state index contributed by atoms with van der Waals surface area (Å²) in [7, 11) is 2.06. The lowest BCUT2D eigenvalue weighted by Gasteiger charge is -2.47. The van der Waals surface area contributed by atoms with E-state index in [1.165, 1.54) is 6.07 Å². The molecule has 1 aliphatic carbocycles. The standard InChI is InChI=1S/C28H35FN2O4/c1-17(14-26(32)31-13-5-8-19-18(15-27(33)34)6-3-9-22(19)31)21-16-30(2)23-10-4-7-20(28(21)23)24-11-12-25(29)35-24/h4,7,10-12,17-19,21-22H,3,5-6,8-9,13-16H2,1-2H3,(H,33,34). The second kappa shape index (κ2) is 9.67. The van der Waals surface area contributed by atoms with Gasteiger partial charge in [-0.1, -0.05) is 25.5 Å². The molecule has 3 aliphatic rings. The van der Waals surface area contributed by atoms with Crippen LogP contribution in [-0.4, -0.2) is 48.1 Å². The summed E-state index contributed by atoms with van der Waals surface area (Å²) in [5.74, 6) is 0.673. The van der Waals surface area contributed by atoms with Gasteiger partial charge >= 0.3 is 5.97 Å². The van der Waals surface area contributed by atoms with Crippen LogP contribution in [0.5, 0.6) is 0 Å². The Hall–Kier alpha value is -2.83. The molecule has 1 N–H and O–H groups in total. The number of aliphatic carboxylic acids is 1. The third kappa shape index (κ3) is 4.57. The molecule has 2 aromatic rings. The molecule has 1 amide bonds. The van der Waals surface area contributed by atoms with Gasteiger partial charge in [0, 0.05) is 62.3 Å². The number of carboxylic acid groups (broad SMARTS) is 1. The second-order valence-corrected chi connectivity index (χ2v) is 10.8. The number of piperidine rings is 1. The first-order valence-corrected chi connectivity index (χ1v) is 12.9. The van der Waals surface area contributed by atoms with Crippen molar-refractivity contribution in [3.8, 4) is 11.3 Å². The number of anilines is 1. The summed E-state index contributed by atoms with van der Waals surface area (Å²) in [5, 5.41) is 9.37. The molecule has 5 rings (SSSR count). The van der Waals surface area contributed by atoms with Crippen LogP contribution >= 0.6 is 0 Å². The minimum Gasteiger partial charge on any atom is -0.481 e. The first kappa shape index (κ1) is 23.9. The molecule has 0 radical (unpaired) electrons. The molecule has 1 saturated carbocycles. The maximum absolute atomic E-state index is 13.6. The quantitative estimate of drug-likeness (QED) is 0.586. The van der Waals surface area contributed by atoms with E-state index in [9.17, 15) is 19.1 Å². The van der Waals surface area contributed by atoms with Gasteiger partial charge in [-0.2, -0.15) is 4.39 Å². The SMILES string of the molecule is CC(CC(=O)N1CCCC2C(CC(=O)O)CCCC21)C1CN(C)c2cccc(-c3ccc(F)o3)c21. The van der Waals surface area contributed by atoms with Gasteiger partial charge in [-0.25, -0.2) is 0 Å². The number of hydrogen-bond donors (Lipinski definition) is 1. The molecule has 2 aliphatic heterocycles. The van der Waals surface area contributed by atoms with Crippen LogP contribution in [0.4, 0.5) is 10.1 Å². The maximum Gasteiger partial charge on any atom is 0.303 e. The Balaban J connectivity index is 1.34. The van der Waals surface area contributed by atoms with Crippen LogP contribution in [0.25, 0.3) is 11.3 Å². The summed E-state index contributed by atoms with van der Waals surface area (Å²) in [6, 6.07) is 8.58. The normalized spacial score (nSPS) is 26.8. The Kier molecular flexibility index (Phi) is 6.60. The van der Waals surface area contributed by atoms with Crippen molar-refractivity contribution in [2.24, 2.45) is 17.8 Å². The summed E-state index contributed by atoms with van der Waals surface area (Å²) in [4.78, 5) is 29.3. The van der Waals surface area contributed by atoms with E-state index in [1.807, 2.05) is 12.1 Å². The van der Waals surface area contributed by atoms with Crippen molar-refractivity contribution >= 4 is 17.6 Å². The summed E-state index contributed by atoms with van der Waals surface area (Å²) in [5.41, 5.74) is 3.12. The molecular formula is C28H35FN2O4. The molecule has 1 aromatic carbocycles. The van der Waals surface area contributed by atoms with Crippen molar-refractivity contribution in [2.45, 2.75) is 63.8 Å². The molecule has 6 nitrogen and oxygen atoms in total. The smallest absolute Gasteiger partial charge is 0.303 e. The van der Waals surface area contributed by atoms with Gasteiger partial charge in [-0.3, -0.25) is 9.59 Å². The molecule has 0 bridgehead atoms. The van der Waals surface area contributed by atoms with Crippen molar-refractivity contribution in [3.63, 3.8) is 0 Å². The van der Waals surface area contributed by atoms with Crippen LogP contribution < -0.4 is 4.90 Å². The highest BCUT2D eigenvalue weighted by molar-refractivity contribution is 5.79. The van der Waals surface area contributed by atoms with Gasteiger partial charge in [0.2, 0.25) is 5.91 Å². The molecule has 2 fully saturated rings. The van der Waals surface area contributed by atoms with Gasteiger partial charge in [0.1, 0.15) is 5.76 Å². The van der Waals surface area contributed by atoms with E-state index in [4.69, 9.17) is 4.42 Å². The maximum atomic E-state index is 13.6. The molecule has 1 aromatic heterocycles. The van der Waals surface area contributed by atoms with Crippen LogP contribution in [0.1, 0.15) is 63.4 Å². The Labute approximate surface area is 206 Å². The lowest BCUT2D eigenvalue weighted by molar-refractivity contribution is -0.142. The molecule has 35 heavy (non-hydrogen) atoms. The molecule has 1 saturated heterocycles. The van der Waals surface area contributed by atoms with Gasteiger partial charge in [-0.05, 0) is 61.1 Å². The zero-order valence-electron chi connectivity index (χ0n) is 20.6. The van der Waals surface area contributed by atoms with E-state index in [1.54, 1.807) is 6.07 Å². The van der Waals surface area contributed by atoms with Gasteiger partial charge in [0.25, 0.3) is 6.01 Å². The number of carbonyl (C=O) groups is 2. The first-order valence-electron chi connectivity index (χ1n) is 12.9. The number of likely N-dealkylation sites (N-methyl/N-ethyl adjacent to an activating group) is 1. The van der Waals surface area contributed by atoms with Crippen molar-refractivity contribution in [1.29, 1.82) is 0 Å². The molecule has 7 heteroatoms. The van der Waals surface area contributed by atoms with Crippen molar-refractivity contribution in [1.82, 2.24) is 4.90 Å². The lowest BCUT2D eigenvalue weighted by Crippen LogP contribution is -2.52. The predicted molar refractivity (Wildman–Crippen MR) is 132 cm³/mol. The number of nitrogens with zero attached hydrogens (tertiary/aromatic N) is 2. The Morgan fingerprint density at radius 2 is 2.00 bits per heavy atom. The number of fused-ring (bicyclic) bond motifs is 2. The highest BCUT2D eigenvalue weighted by Gasteiger charge is 2.42. The Bertz CT molecular complexity index is 1100. The first-order chi connectivity index (χ1) is 16.8. The predicted octanol–water partition coefficient (Wildman–Crippen LogP) is 5.53. The fraction of sp³-hybridized carbons (Fsp3) is 0.571. The van der Waals surface area contributed by atoms with E-state index >= 15 is 0 Å². The molecular weight excluding hydrogens is 447 g/mol. The minimum atomic E-state index is -0.732. The van der Waals surface area contributed by atoms with Gasteiger partial charge in [0.15, 0.2) is 0 Å². The third-order valence-electron chi connectivity index (χ3n) is 8.63. The second-order valence-electron chi connectivity index (χ2n) is 10.8. The summed E-state index contributed by atoms with van der Waals surface area (Å²) >= 11 is 0. The third-order valence-corrected chi connectivity index (χ3v) is 8.63. The Morgan fingerprint density at radius 1 is 1.17 bits per heavy atom. The average molecular weight is 483 g/mol. The van der Waals surface area contributed by atoms with Gasteiger partial charge < -0.3 is 19.3 Å². The van der Waals surface area contributed by atoms with E-state index in [0.717, 1.165) is 62.0 Å². The average Bonchev–Trinajstić information content (AvgIpc) is 3.42. The van der Waals surface area contributed by atoms with Crippen LogP contribution in [0.2, 0.25) is 0 Å². The topological polar surface area (TPSA) is 74.0 Å². The van der Waals surface area contributed by atoms with Gasteiger partial charge in [0.05, 0.1) is 0 Å². The van der Waals surface area contributed by atoms with Crippen LogP contribution in [-0.2, 0) is 9.59 Å². The summed E-state index contributed by atoms with van der Waals surface area (Å²) in [6.45, 7) is 3.71. The van der Waals surface area contributed by atoms with E-state index in [-0.39, 0.29) is 36.1 Å². The minimum absolute atomic E-state index is 0.103. The molecule has 0 spiro atoms. The zero-order valence-corrected chi connectivity index (χ0v) is 20.6. The number of carbonyl (C=O) groups excluding carboxylic acids is 1. The number of furan rings is 1. The lowest BCUT2D eigenvalue weighted by atomic mass is 9.70. The van der Waals surface area contributed by atoms with E-state index in [2.05, 4.69) is 29.8 Å². The number of rotatable bonds is 6. The molecule has 188 valence electrons. The fourth-order valence-corrected chi connectivity index (χ4v) is 7.03. The number of benzene rings is 1. The van der Waals surface area contributed by atoms with E-state index < -0.39 is 12.0 Å². The molecule has 3 heterocycles. The zero-order chi connectivity index (χ0) is 24.7. The van der Waals surface area contributed by atoms with Crippen molar-refractivity contribution in [2.75, 3.05) is 25.0 Å². The largest absolute Gasteiger partial charge is 0.481 e. The van der Waals surface area contributed by atoms with Crippen molar-refractivity contribution in [3.05, 3.63) is 41.9 Å². The Morgan fingerprint density at radius 3 is 2.74 bits per heavy atom. The fourth-order valence-electron chi connectivity index (χ4n) is 7.03. The summed E-state index contributed by atoms with van der Waals surface area (Å²) < 4.78 is 19.0. The van der Waals surface area contributed by atoms with Crippen LogP contribution in [0, 0.1) is 23.8 Å². The van der Waals surface area contributed by atoms with Crippen LogP contribution in [0.3, 0.4) is 0 Å².